The van der Waals surface area contributed by atoms with Gasteiger partial charge in [-0.05, 0) is 46.3 Å². The quantitative estimate of drug-likeness (QED) is 0.386. The Hall–Kier alpha value is -2.21. The molecule has 0 aliphatic rings. The summed E-state index contributed by atoms with van der Waals surface area (Å²) in [5, 5.41) is 37.7. The van der Waals surface area contributed by atoms with E-state index < -0.39 is 11.5 Å². The number of hydrogen-bond acceptors (Lipinski definition) is 5. The van der Waals surface area contributed by atoms with Crippen molar-refractivity contribution < 1.29 is 25.2 Å². The van der Waals surface area contributed by atoms with Gasteiger partial charge in [-0.25, -0.2) is 0 Å². The Morgan fingerprint density at radius 1 is 0.842 bits per heavy atom. The van der Waals surface area contributed by atoms with Gasteiger partial charge < -0.3 is 20.4 Å². The van der Waals surface area contributed by atoms with Crippen LogP contribution in [0.4, 0.5) is 0 Å². The third-order valence-corrected chi connectivity index (χ3v) is 3.18. The summed E-state index contributed by atoms with van der Waals surface area (Å²) in [7, 11) is 0. The number of phenols is 4. The van der Waals surface area contributed by atoms with Crippen molar-refractivity contribution in [1.82, 2.24) is 0 Å². The summed E-state index contributed by atoms with van der Waals surface area (Å²) in [4.78, 5) is 12.1. The average Bonchev–Trinajstić information content (AvgIpc) is 2.36. The summed E-state index contributed by atoms with van der Waals surface area (Å²) >= 11 is 3.01. The van der Waals surface area contributed by atoms with Crippen LogP contribution < -0.4 is 0 Å². The second-order valence-corrected chi connectivity index (χ2v) is 4.71. The van der Waals surface area contributed by atoms with Crippen LogP contribution in [0.5, 0.6) is 23.0 Å². The molecule has 0 amide bonds. The van der Waals surface area contributed by atoms with E-state index in [-0.39, 0.29) is 32.8 Å². The Kier molecular flexibility index (Phi) is 3.35. The molecular formula is C13H9BrO5. The predicted octanol–water partition coefficient (Wildman–Crippen LogP) is 2.50. The van der Waals surface area contributed by atoms with Crippen molar-refractivity contribution in [3.63, 3.8) is 0 Å². The molecule has 0 aliphatic carbocycles. The maximum atomic E-state index is 12.1. The van der Waals surface area contributed by atoms with E-state index in [0.29, 0.717) is 0 Å². The van der Waals surface area contributed by atoms with Crippen LogP contribution in [0.2, 0.25) is 0 Å². The van der Waals surface area contributed by atoms with E-state index in [9.17, 15) is 25.2 Å². The minimum absolute atomic E-state index is 0.0762. The minimum atomic E-state index is -0.587. The highest BCUT2D eigenvalue weighted by molar-refractivity contribution is 9.10. The molecule has 0 aromatic heterocycles. The zero-order valence-corrected chi connectivity index (χ0v) is 11.0. The van der Waals surface area contributed by atoms with Crippen molar-refractivity contribution >= 4 is 21.7 Å². The van der Waals surface area contributed by atoms with Gasteiger partial charge in [-0.3, -0.25) is 4.79 Å². The molecule has 0 saturated heterocycles. The van der Waals surface area contributed by atoms with Gasteiger partial charge in [0.15, 0.2) is 17.3 Å². The van der Waals surface area contributed by atoms with Gasteiger partial charge in [-0.2, -0.15) is 0 Å². The summed E-state index contributed by atoms with van der Waals surface area (Å²) in [6.45, 7) is 0. The van der Waals surface area contributed by atoms with E-state index in [1.807, 2.05) is 0 Å². The van der Waals surface area contributed by atoms with Gasteiger partial charge in [-0.1, -0.05) is 0 Å². The van der Waals surface area contributed by atoms with Crippen LogP contribution in [0.1, 0.15) is 15.9 Å². The van der Waals surface area contributed by atoms with Crippen LogP contribution in [-0.2, 0) is 0 Å². The topological polar surface area (TPSA) is 98.0 Å². The van der Waals surface area contributed by atoms with Crippen LogP contribution in [-0.4, -0.2) is 26.2 Å². The highest BCUT2D eigenvalue weighted by Gasteiger charge is 2.17. The van der Waals surface area contributed by atoms with E-state index in [1.165, 1.54) is 18.2 Å². The largest absolute Gasteiger partial charge is 0.507 e. The molecule has 5 nitrogen and oxygen atoms in total. The maximum absolute atomic E-state index is 12.1. The SMILES string of the molecule is O=C(c1ccc(O)c(O)c1)c1cc(O)c(Br)cc1O. The van der Waals surface area contributed by atoms with Gasteiger partial charge >= 0.3 is 0 Å². The first-order valence-corrected chi connectivity index (χ1v) is 5.97. The Morgan fingerprint density at radius 3 is 2.16 bits per heavy atom. The molecule has 0 heterocycles. The molecule has 0 saturated carbocycles. The fraction of sp³-hybridized carbons (Fsp3) is 0. The molecule has 0 fully saturated rings. The molecule has 0 bridgehead atoms. The van der Waals surface area contributed by atoms with Crippen molar-refractivity contribution in [1.29, 1.82) is 0 Å². The Balaban J connectivity index is 2.49. The highest BCUT2D eigenvalue weighted by Crippen LogP contribution is 2.33. The molecule has 0 unspecified atom stereocenters. The number of carbonyl (C=O) groups is 1. The summed E-state index contributed by atoms with van der Waals surface area (Å²) < 4.78 is 0.259. The average molecular weight is 325 g/mol. The third-order valence-electron chi connectivity index (χ3n) is 2.55. The fourth-order valence-corrected chi connectivity index (χ4v) is 1.88. The lowest BCUT2D eigenvalue weighted by atomic mass is 10.0. The molecule has 2 aromatic rings. The molecular weight excluding hydrogens is 316 g/mol. The first kappa shape index (κ1) is 13.2. The highest BCUT2D eigenvalue weighted by atomic mass is 79.9. The predicted molar refractivity (Wildman–Crippen MR) is 70.7 cm³/mol. The van der Waals surface area contributed by atoms with Crippen molar-refractivity contribution in [2.75, 3.05) is 0 Å². The second kappa shape index (κ2) is 4.81. The summed E-state index contributed by atoms with van der Waals surface area (Å²) in [5.41, 5.74) is -0.0295. The smallest absolute Gasteiger partial charge is 0.197 e. The van der Waals surface area contributed by atoms with Crippen LogP contribution in [0, 0.1) is 0 Å². The van der Waals surface area contributed by atoms with Crippen molar-refractivity contribution in [3.8, 4) is 23.0 Å². The standard InChI is InChI=1S/C13H9BrO5/c14-8-5-10(16)7(4-11(8)17)13(19)6-1-2-9(15)12(18)3-6/h1-5,15-18H. The van der Waals surface area contributed by atoms with Gasteiger partial charge in [0.2, 0.25) is 0 Å². The summed E-state index contributed by atoms with van der Waals surface area (Å²) in [5.74, 6) is -1.87. The number of aromatic hydroxyl groups is 4. The molecule has 0 atom stereocenters. The maximum Gasteiger partial charge on any atom is 0.197 e. The molecule has 4 N–H and O–H groups in total. The first-order chi connectivity index (χ1) is 8.90. The van der Waals surface area contributed by atoms with Crippen LogP contribution >= 0.6 is 15.9 Å². The second-order valence-electron chi connectivity index (χ2n) is 3.85. The fourth-order valence-electron chi connectivity index (χ4n) is 1.55. The third kappa shape index (κ3) is 2.48. The summed E-state index contributed by atoms with van der Waals surface area (Å²) in [6, 6.07) is 5.86. The van der Waals surface area contributed by atoms with Gasteiger partial charge in [0.05, 0.1) is 10.0 Å². The lowest BCUT2D eigenvalue weighted by Crippen LogP contribution is -2.01. The van der Waals surface area contributed by atoms with Gasteiger partial charge in [0, 0.05) is 5.56 Å². The zero-order valence-electron chi connectivity index (χ0n) is 9.46. The van der Waals surface area contributed by atoms with Gasteiger partial charge in [0.1, 0.15) is 11.5 Å². The molecule has 98 valence electrons. The van der Waals surface area contributed by atoms with E-state index in [4.69, 9.17) is 0 Å². The number of rotatable bonds is 2. The molecule has 2 rings (SSSR count). The molecule has 0 radical (unpaired) electrons. The van der Waals surface area contributed by atoms with E-state index in [2.05, 4.69) is 15.9 Å². The Bertz CT molecular complexity index is 666. The van der Waals surface area contributed by atoms with E-state index >= 15 is 0 Å². The van der Waals surface area contributed by atoms with E-state index in [1.54, 1.807) is 0 Å². The number of phenolic OH excluding ortho intramolecular Hbond substituents is 4. The van der Waals surface area contributed by atoms with Crippen molar-refractivity contribution in [2.24, 2.45) is 0 Å². The Morgan fingerprint density at radius 2 is 1.53 bits per heavy atom. The number of carbonyl (C=O) groups excluding carboxylic acids is 1. The molecule has 19 heavy (non-hydrogen) atoms. The first-order valence-electron chi connectivity index (χ1n) is 5.18. The molecule has 6 heteroatoms. The molecule has 0 aliphatic heterocycles. The Labute approximate surface area is 116 Å². The molecule has 2 aromatic carbocycles. The van der Waals surface area contributed by atoms with Crippen molar-refractivity contribution in [3.05, 3.63) is 45.9 Å². The van der Waals surface area contributed by atoms with Gasteiger partial charge in [0.25, 0.3) is 0 Å². The van der Waals surface area contributed by atoms with Crippen LogP contribution in [0.15, 0.2) is 34.8 Å². The van der Waals surface area contributed by atoms with E-state index in [0.717, 1.165) is 12.1 Å². The zero-order chi connectivity index (χ0) is 14.2. The number of halogens is 1. The lowest BCUT2D eigenvalue weighted by molar-refractivity contribution is 0.103. The number of benzene rings is 2. The summed E-state index contributed by atoms with van der Waals surface area (Å²) in [6.07, 6.45) is 0. The van der Waals surface area contributed by atoms with Crippen LogP contribution in [0.3, 0.4) is 0 Å². The lowest BCUT2D eigenvalue weighted by Gasteiger charge is -2.07. The minimum Gasteiger partial charge on any atom is -0.507 e. The monoisotopic (exact) mass is 324 g/mol. The van der Waals surface area contributed by atoms with Gasteiger partial charge in [-0.15, -0.1) is 0 Å². The molecule has 0 spiro atoms. The number of hydrogen-bond donors (Lipinski definition) is 4. The normalized spacial score (nSPS) is 10.4. The number of ketones is 1. The van der Waals surface area contributed by atoms with Crippen molar-refractivity contribution in [2.45, 2.75) is 0 Å². The van der Waals surface area contributed by atoms with Crippen LogP contribution in [0.25, 0.3) is 0 Å².